The molecule has 19 heavy (non-hydrogen) atoms. The Morgan fingerprint density at radius 1 is 1.47 bits per heavy atom. The van der Waals surface area contributed by atoms with Crippen LogP contribution in [-0.4, -0.2) is 53.0 Å². The van der Waals surface area contributed by atoms with Gasteiger partial charge in [-0.25, -0.2) is 4.39 Å². The molecule has 1 aromatic rings. The number of hydroxylamine groups is 2. The van der Waals surface area contributed by atoms with E-state index in [0.29, 0.717) is 25.9 Å². The van der Waals surface area contributed by atoms with Crippen molar-refractivity contribution in [2.24, 2.45) is 0 Å². The van der Waals surface area contributed by atoms with Gasteiger partial charge in [0.1, 0.15) is 5.82 Å². The van der Waals surface area contributed by atoms with Gasteiger partial charge >= 0.3 is 0 Å². The average Bonchev–Trinajstić information content (AvgIpc) is 2.38. The van der Waals surface area contributed by atoms with E-state index >= 15 is 0 Å². The highest BCUT2D eigenvalue weighted by atomic mass is 19.1. The van der Waals surface area contributed by atoms with Gasteiger partial charge in [-0.3, -0.25) is 9.59 Å². The molecule has 102 valence electrons. The molecule has 0 spiro atoms. The van der Waals surface area contributed by atoms with E-state index in [-0.39, 0.29) is 23.1 Å². The molecular weight excluding hydrogens is 251 g/mol. The zero-order valence-corrected chi connectivity index (χ0v) is 10.5. The van der Waals surface area contributed by atoms with Crippen molar-refractivity contribution in [1.29, 1.82) is 0 Å². The number of carbonyl (C=O) groups excluding carboxylic acids is 2. The minimum atomic E-state index is -0.700. The molecule has 0 saturated carbocycles. The van der Waals surface area contributed by atoms with Gasteiger partial charge in [0.15, 0.2) is 6.29 Å². The first kappa shape index (κ1) is 13.6. The van der Waals surface area contributed by atoms with E-state index < -0.39 is 5.82 Å². The number of piperazine rings is 1. The molecule has 1 aliphatic heterocycles. The third kappa shape index (κ3) is 2.80. The third-order valence-corrected chi connectivity index (χ3v) is 3.24. The van der Waals surface area contributed by atoms with Crippen molar-refractivity contribution in [3.8, 4) is 0 Å². The zero-order chi connectivity index (χ0) is 14.0. The largest absolute Gasteiger partial charge is 0.333 e. The zero-order valence-electron chi connectivity index (χ0n) is 10.5. The van der Waals surface area contributed by atoms with E-state index in [1.165, 1.54) is 12.1 Å². The highest BCUT2D eigenvalue weighted by molar-refractivity contribution is 5.95. The highest BCUT2D eigenvalue weighted by Gasteiger charge is 2.27. The van der Waals surface area contributed by atoms with Crippen molar-refractivity contribution < 1.29 is 19.2 Å². The van der Waals surface area contributed by atoms with Crippen molar-refractivity contribution in [3.05, 3.63) is 35.1 Å². The van der Waals surface area contributed by atoms with E-state index in [4.69, 9.17) is 0 Å². The van der Waals surface area contributed by atoms with Crippen molar-refractivity contribution in [1.82, 2.24) is 9.96 Å². The van der Waals surface area contributed by atoms with Crippen LogP contribution < -0.4 is 0 Å². The number of halogens is 1. The first-order valence-electron chi connectivity index (χ1n) is 6.02. The van der Waals surface area contributed by atoms with Crippen LogP contribution in [0.4, 0.5) is 4.39 Å². The number of nitrogens with zero attached hydrogens (tertiary/aromatic N) is 2. The lowest BCUT2D eigenvalue weighted by Crippen LogP contribution is -2.52. The van der Waals surface area contributed by atoms with E-state index in [2.05, 4.69) is 0 Å². The smallest absolute Gasteiger partial charge is 0.254 e. The molecule has 0 radical (unpaired) electrons. The Morgan fingerprint density at radius 2 is 2.21 bits per heavy atom. The summed E-state index contributed by atoms with van der Waals surface area (Å²) in [6.45, 7) is 2.93. The lowest BCUT2D eigenvalue weighted by molar-refractivity contribution is -0.125. The lowest BCUT2D eigenvalue weighted by Gasteiger charge is -2.37. The molecule has 6 heteroatoms. The van der Waals surface area contributed by atoms with Crippen molar-refractivity contribution in [2.45, 2.75) is 13.0 Å². The quantitative estimate of drug-likeness (QED) is 0.816. The molecular formula is C13H15FN2O3. The second-order valence-corrected chi connectivity index (χ2v) is 4.61. The molecule has 1 atom stereocenters. The molecule has 1 fully saturated rings. The number of benzene rings is 1. The van der Waals surface area contributed by atoms with Gasteiger partial charge in [-0.2, -0.15) is 5.06 Å². The molecule has 5 nitrogen and oxygen atoms in total. The van der Waals surface area contributed by atoms with Gasteiger partial charge in [0.25, 0.3) is 5.91 Å². The highest BCUT2D eigenvalue weighted by Crippen LogP contribution is 2.15. The molecule has 1 saturated heterocycles. The summed E-state index contributed by atoms with van der Waals surface area (Å²) >= 11 is 0. The van der Waals surface area contributed by atoms with Crippen LogP contribution in [0, 0.1) is 5.82 Å². The Morgan fingerprint density at radius 3 is 2.79 bits per heavy atom. The average molecular weight is 266 g/mol. The normalized spacial score (nSPS) is 20.4. The summed E-state index contributed by atoms with van der Waals surface area (Å²) < 4.78 is 13.5. The summed E-state index contributed by atoms with van der Waals surface area (Å²) in [5.74, 6) is -0.994. The van der Waals surface area contributed by atoms with Crippen LogP contribution in [0.2, 0.25) is 0 Å². The first-order chi connectivity index (χ1) is 9.02. The predicted octanol–water partition coefficient (Wildman–Crippen LogP) is 1.17. The Kier molecular flexibility index (Phi) is 3.92. The van der Waals surface area contributed by atoms with Gasteiger partial charge < -0.3 is 10.1 Å². The monoisotopic (exact) mass is 266 g/mol. The molecule has 0 aromatic heterocycles. The van der Waals surface area contributed by atoms with Gasteiger partial charge in [0.2, 0.25) is 0 Å². The minimum absolute atomic E-state index is 0.0650. The number of aldehydes is 1. The van der Waals surface area contributed by atoms with Gasteiger partial charge in [-0.05, 0) is 25.1 Å². The van der Waals surface area contributed by atoms with Crippen LogP contribution in [0.25, 0.3) is 0 Å². The predicted molar refractivity (Wildman–Crippen MR) is 65.6 cm³/mol. The molecule has 1 unspecified atom stereocenters. The number of hydrogen-bond donors (Lipinski definition) is 1. The maximum atomic E-state index is 13.5. The van der Waals surface area contributed by atoms with Gasteiger partial charge in [-0.15, -0.1) is 0 Å². The topological polar surface area (TPSA) is 60.9 Å². The van der Waals surface area contributed by atoms with Crippen LogP contribution in [0.5, 0.6) is 0 Å². The molecule has 1 aromatic carbocycles. The SMILES string of the molecule is CC1CN(O)CCN1C(=O)c1ccc(C=O)c(F)c1. The van der Waals surface area contributed by atoms with Crippen LogP contribution in [0.3, 0.4) is 0 Å². The van der Waals surface area contributed by atoms with Crippen molar-refractivity contribution in [3.63, 3.8) is 0 Å². The molecule has 1 heterocycles. The standard InChI is InChI=1S/C13H15FN2O3/c1-9-7-15(19)4-5-16(9)13(18)10-2-3-11(8-17)12(14)6-10/h2-3,6,8-9,19H,4-5,7H2,1H3. The number of hydrogen-bond acceptors (Lipinski definition) is 4. The van der Waals surface area contributed by atoms with Crippen molar-refractivity contribution >= 4 is 12.2 Å². The number of carbonyl (C=O) groups is 2. The van der Waals surface area contributed by atoms with Crippen LogP contribution >= 0.6 is 0 Å². The van der Waals surface area contributed by atoms with E-state index in [1.54, 1.807) is 4.90 Å². The molecule has 0 bridgehead atoms. The van der Waals surface area contributed by atoms with E-state index in [9.17, 15) is 19.2 Å². The second-order valence-electron chi connectivity index (χ2n) is 4.61. The van der Waals surface area contributed by atoms with E-state index in [0.717, 1.165) is 11.1 Å². The fourth-order valence-corrected chi connectivity index (χ4v) is 2.16. The number of amides is 1. The lowest BCUT2D eigenvalue weighted by atomic mass is 10.1. The summed E-state index contributed by atoms with van der Waals surface area (Å²) in [5, 5.41) is 10.5. The Hall–Kier alpha value is -1.79. The Bertz CT molecular complexity index is 507. The maximum absolute atomic E-state index is 13.5. The summed E-state index contributed by atoms with van der Waals surface area (Å²) in [7, 11) is 0. The fraction of sp³-hybridized carbons (Fsp3) is 0.385. The maximum Gasteiger partial charge on any atom is 0.254 e. The Labute approximate surface area is 110 Å². The van der Waals surface area contributed by atoms with Gasteiger partial charge in [-0.1, -0.05) is 0 Å². The first-order valence-corrected chi connectivity index (χ1v) is 6.02. The summed E-state index contributed by atoms with van der Waals surface area (Å²) in [5.41, 5.74) is 0.145. The molecule has 0 aliphatic carbocycles. The van der Waals surface area contributed by atoms with Crippen LogP contribution in [-0.2, 0) is 0 Å². The number of rotatable bonds is 2. The molecule has 2 rings (SSSR count). The van der Waals surface area contributed by atoms with Gasteiger partial charge in [0.05, 0.1) is 5.56 Å². The second kappa shape index (κ2) is 5.46. The molecule has 1 N–H and O–H groups in total. The summed E-state index contributed by atoms with van der Waals surface area (Å²) in [4.78, 5) is 24.4. The molecule has 1 amide bonds. The Balaban J connectivity index is 2.19. The third-order valence-electron chi connectivity index (χ3n) is 3.24. The summed E-state index contributed by atoms with van der Waals surface area (Å²) in [6.07, 6.45) is 0.413. The van der Waals surface area contributed by atoms with Crippen molar-refractivity contribution in [2.75, 3.05) is 19.6 Å². The van der Waals surface area contributed by atoms with Crippen LogP contribution in [0.15, 0.2) is 18.2 Å². The summed E-state index contributed by atoms with van der Waals surface area (Å²) in [6, 6.07) is 3.65. The molecule has 1 aliphatic rings. The fourth-order valence-electron chi connectivity index (χ4n) is 2.16. The van der Waals surface area contributed by atoms with E-state index in [1.807, 2.05) is 6.92 Å². The van der Waals surface area contributed by atoms with Gasteiger partial charge in [0, 0.05) is 31.2 Å². The minimum Gasteiger partial charge on any atom is -0.333 e. The van der Waals surface area contributed by atoms with Crippen LogP contribution in [0.1, 0.15) is 27.6 Å².